The summed E-state index contributed by atoms with van der Waals surface area (Å²) in [6, 6.07) is 7.60. The molecule has 0 saturated heterocycles. The second kappa shape index (κ2) is 5.78. The van der Waals surface area contributed by atoms with Crippen LogP contribution in [-0.4, -0.2) is 0 Å². The van der Waals surface area contributed by atoms with Gasteiger partial charge in [0.15, 0.2) is 11.6 Å². The average Bonchev–Trinajstić information content (AvgIpc) is 2.31. The van der Waals surface area contributed by atoms with E-state index in [2.05, 4.69) is 15.9 Å². The lowest BCUT2D eigenvalue weighted by molar-refractivity contribution is 0.507. The molecule has 0 bridgehead atoms. The minimum atomic E-state index is -0.983. The Morgan fingerprint density at radius 2 is 1.68 bits per heavy atom. The molecule has 100 valence electrons. The number of hydrogen-bond acceptors (Lipinski definition) is 0. The van der Waals surface area contributed by atoms with Gasteiger partial charge in [-0.25, -0.2) is 8.78 Å². The first kappa shape index (κ1) is 14.8. The fourth-order valence-corrected chi connectivity index (χ4v) is 3.07. The Hall–Kier alpha value is -0.640. The van der Waals surface area contributed by atoms with E-state index in [1.54, 1.807) is 0 Å². The molecule has 1 unspecified atom stereocenters. The molecule has 5 heteroatoms. The van der Waals surface area contributed by atoms with Gasteiger partial charge in [-0.05, 0) is 47.9 Å². The van der Waals surface area contributed by atoms with Gasteiger partial charge in [-0.3, -0.25) is 0 Å². The maximum atomic E-state index is 13.3. The molecular weight excluding hydrogens is 357 g/mol. The van der Waals surface area contributed by atoms with Crippen molar-refractivity contribution in [2.75, 3.05) is 0 Å². The van der Waals surface area contributed by atoms with Gasteiger partial charge >= 0.3 is 0 Å². The molecule has 0 radical (unpaired) electrons. The van der Waals surface area contributed by atoms with Crippen LogP contribution < -0.4 is 0 Å². The fraction of sp³-hybridized carbons (Fsp3) is 0.143. The van der Waals surface area contributed by atoms with Gasteiger partial charge in [0.05, 0.1) is 5.38 Å². The average molecular weight is 366 g/mol. The van der Waals surface area contributed by atoms with Crippen molar-refractivity contribution < 1.29 is 8.78 Å². The van der Waals surface area contributed by atoms with Crippen LogP contribution in [0.2, 0.25) is 5.02 Å². The summed E-state index contributed by atoms with van der Waals surface area (Å²) in [5, 5.41) is -0.532. The number of halogens is 5. The van der Waals surface area contributed by atoms with Gasteiger partial charge in [0, 0.05) is 9.50 Å². The third-order valence-electron chi connectivity index (χ3n) is 2.67. The summed E-state index contributed by atoms with van der Waals surface area (Å²) in [5.74, 6) is -1.94. The molecule has 0 nitrogen and oxygen atoms in total. The third kappa shape index (κ3) is 3.28. The van der Waals surface area contributed by atoms with Crippen molar-refractivity contribution in [3.05, 3.63) is 68.2 Å². The van der Waals surface area contributed by atoms with E-state index in [9.17, 15) is 8.78 Å². The molecule has 0 aliphatic rings. The molecular formula is C14H9BrCl2F2. The van der Waals surface area contributed by atoms with Crippen LogP contribution in [0.1, 0.15) is 22.1 Å². The van der Waals surface area contributed by atoms with E-state index in [4.69, 9.17) is 23.2 Å². The van der Waals surface area contributed by atoms with Crippen LogP contribution in [-0.2, 0) is 0 Å². The minimum absolute atomic E-state index is 0.108. The highest BCUT2D eigenvalue weighted by atomic mass is 79.9. The van der Waals surface area contributed by atoms with Crippen molar-refractivity contribution in [1.82, 2.24) is 0 Å². The van der Waals surface area contributed by atoms with E-state index in [1.165, 1.54) is 0 Å². The van der Waals surface area contributed by atoms with Crippen LogP contribution >= 0.6 is 39.1 Å². The molecule has 0 spiro atoms. The topological polar surface area (TPSA) is 0 Å². The highest BCUT2D eigenvalue weighted by Crippen LogP contribution is 2.36. The van der Waals surface area contributed by atoms with E-state index >= 15 is 0 Å². The van der Waals surface area contributed by atoms with Crippen molar-refractivity contribution in [3.63, 3.8) is 0 Å². The Morgan fingerprint density at radius 3 is 2.32 bits per heavy atom. The molecule has 0 saturated carbocycles. The van der Waals surface area contributed by atoms with Crippen molar-refractivity contribution in [2.45, 2.75) is 12.3 Å². The lowest BCUT2D eigenvalue weighted by Crippen LogP contribution is -1.98. The third-order valence-corrected chi connectivity index (χ3v) is 3.94. The van der Waals surface area contributed by atoms with Crippen LogP contribution in [0.3, 0.4) is 0 Å². The second-order valence-electron chi connectivity index (χ2n) is 4.21. The van der Waals surface area contributed by atoms with Crippen molar-refractivity contribution in [2.24, 2.45) is 0 Å². The van der Waals surface area contributed by atoms with E-state index in [0.717, 1.165) is 27.7 Å². The van der Waals surface area contributed by atoms with Crippen LogP contribution in [0.4, 0.5) is 8.78 Å². The van der Waals surface area contributed by atoms with Gasteiger partial charge in [0.1, 0.15) is 0 Å². The zero-order valence-corrected chi connectivity index (χ0v) is 13.0. The largest absolute Gasteiger partial charge is 0.204 e. The lowest BCUT2D eigenvalue weighted by Gasteiger charge is -2.14. The van der Waals surface area contributed by atoms with E-state index < -0.39 is 17.0 Å². The molecule has 19 heavy (non-hydrogen) atoms. The molecule has 2 aromatic carbocycles. The molecule has 0 amide bonds. The van der Waals surface area contributed by atoms with Crippen LogP contribution in [0, 0.1) is 18.6 Å². The molecule has 2 rings (SSSR count). The van der Waals surface area contributed by atoms with Gasteiger partial charge in [-0.15, -0.1) is 11.6 Å². The number of hydrogen-bond donors (Lipinski definition) is 0. The molecule has 0 aliphatic heterocycles. The predicted molar refractivity (Wildman–Crippen MR) is 77.9 cm³/mol. The molecule has 1 atom stereocenters. The van der Waals surface area contributed by atoms with E-state index in [0.29, 0.717) is 5.56 Å². The van der Waals surface area contributed by atoms with Crippen LogP contribution in [0.25, 0.3) is 0 Å². The Labute approximate surface area is 128 Å². The zero-order valence-electron chi connectivity index (χ0n) is 9.85. The first-order valence-electron chi connectivity index (χ1n) is 5.44. The number of alkyl halides is 1. The van der Waals surface area contributed by atoms with Crippen molar-refractivity contribution in [3.8, 4) is 0 Å². The molecule has 2 aromatic rings. The summed E-state index contributed by atoms with van der Waals surface area (Å²) in [5.41, 5.74) is 2.12. The predicted octanol–water partition coefficient (Wildman–Crippen LogP) is 6.02. The normalized spacial score (nSPS) is 12.5. The van der Waals surface area contributed by atoms with E-state index in [1.807, 2.05) is 25.1 Å². The van der Waals surface area contributed by atoms with E-state index in [-0.39, 0.29) is 5.02 Å². The Balaban J connectivity index is 2.49. The number of benzene rings is 2. The first-order chi connectivity index (χ1) is 8.88. The molecule has 0 N–H and O–H groups in total. The Bertz CT molecular complexity index is 609. The molecule has 0 heterocycles. The van der Waals surface area contributed by atoms with Gasteiger partial charge in [-0.1, -0.05) is 33.6 Å². The number of rotatable bonds is 2. The summed E-state index contributed by atoms with van der Waals surface area (Å²) < 4.78 is 27.2. The molecule has 0 aromatic heterocycles. The fourth-order valence-electron chi connectivity index (χ4n) is 1.82. The summed E-state index contributed by atoms with van der Waals surface area (Å²) in [4.78, 5) is 0. The number of aryl methyl sites for hydroxylation is 1. The second-order valence-corrected chi connectivity index (χ2v) is 5.97. The molecule has 0 aliphatic carbocycles. The summed E-state index contributed by atoms with van der Waals surface area (Å²) in [6.45, 7) is 1.92. The standard InChI is InChI=1S/C14H9BrCl2F2/c1-7-2-8(4-9(15)3-7)14(17)10-5-12(18)13(19)6-11(10)16/h2-6,14H,1H3. The van der Waals surface area contributed by atoms with Crippen LogP contribution in [0.5, 0.6) is 0 Å². The Morgan fingerprint density at radius 1 is 1.05 bits per heavy atom. The quantitative estimate of drug-likeness (QED) is 0.451. The van der Waals surface area contributed by atoms with Crippen molar-refractivity contribution in [1.29, 1.82) is 0 Å². The highest BCUT2D eigenvalue weighted by molar-refractivity contribution is 9.10. The van der Waals surface area contributed by atoms with Gasteiger partial charge in [0.2, 0.25) is 0 Å². The Kier molecular flexibility index (Phi) is 4.49. The SMILES string of the molecule is Cc1cc(Br)cc(C(Cl)c2cc(F)c(F)cc2Cl)c1. The molecule has 0 fully saturated rings. The van der Waals surface area contributed by atoms with Gasteiger partial charge in [-0.2, -0.15) is 0 Å². The van der Waals surface area contributed by atoms with Gasteiger partial charge in [0.25, 0.3) is 0 Å². The first-order valence-corrected chi connectivity index (χ1v) is 7.05. The van der Waals surface area contributed by atoms with Gasteiger partial charge < -0.3 is 0 Å². The van der Waals surface area contributed by atoms with Crippen molar-refractivity contribution >= 4 is 39.1 Å². The lowest BCUT2D eigenvalue weighted by atomic mass is 10.0. The van der Waals surface area contributed by atoms with Crippen LogP contribution in [0.15, 0.2) is 34.8 Å². The maximum Gasteiger partial charge on any atom is 0.160 e. The summed E-state index contributed by atoms with van der Waals surface area (Å²) in [7, 11) is 0. The summed E-state index contributed by atoms with van der Waals surface area (Å²) >= 11 is 15.6. The minimum Gasteiger partial charge on any atom is -0.204 e. The zero-order chi connectivity index (χ0) is 14.2. The maximum absolute atomic E-state index is 13.3. The summed E-state index contributed by atoms with van der Waals surface area (Å²) in [6.07, 6.45) is 0. The smallest absolute Gasteiger partial charge is 0.160 e. The monoisotopic (exact) mass is 364 g/mol. The highest BCUT2D eigenvalue weighted by Gasteiger charge is 2.18.